The second-order valence-electron chi connectivity index (χ2n) is 22.2. The van der Waals surface area contributed by atoms with Gasteiger partial charge in [-0.3, -0.25) is 43.8 Å². The Morgan fingerprint density at radius 3 is 2.14 bits per heavy atom. The summed E-state index contributed by atoms with van der Waals surface area (Å²) >= 11 is 0. The molecule has 0 spiro atoms. The first kappa shape index (κ1) is 59.7. The normalized spacial score (nSPS) is 20.9. The van der Waals surface area contributed by atoms with Crippen LogP contribution < -0.4 is 36.1 Å². The van der Waals surface area contributed by atoms with E-state index in [0.29, 0.717) is 43.4 Å². The number of amides is 7. The number of anilines is 1. The molecule has 18 heteroatoms. The van der Waals surface area contributed by atoms with E-state index < -0.39 is 53.9 Å². The van der Waals surface area contributed by atoms with Gasteiger partial charge in [0.1, 0.15) is 35.7 Å². The van der Waals surface area contributed by atoms with Crippen LogP contribution in [0.15, 0.2) is 66.7 Å². The summed E-state index contributed by atoms with van der Waals surface area (Å²) in [5.74, 6) is -1.39. The van der Waals surface area contributed by atoms with E-state index in [9.17, 15) is 33.6 Å². The molecule has 6 atom stereocenters. The molecule has 2 aliphatic carbocycles. The number of nitrogens with zero attached hydrogens (tertiary/aromatic N) is 2. The lowest BCUT2D eigenvalue weighted by atomic mass is 9.83. The summed E-state index contributed by atoms with van der Waals surface area (Å²) in [7, 11) is 1.73. The lowest BCUT2D eigenvalue weighted by Gasteiger charge is -2.35. The van der Waals surface area contributed by atoms with Crippen LogP contribution in [0, 0.1) is 5.92 Å². The van der Waals surface area contributed by atoms with Crippen LogP contribution in [0.25, 0.3) is 0 Å². The van der Waals surface area contributed by atoms with E-state index >= 15 is 0 Å². The summed E-state index contributed by atoms with van der Waals surface area (Å²) in [5, 5.41) is 15.0. The van der Waals surface area contributed by atoms with Crippen molar-refractivity contribution in [2.24, 2.45) is 5.92 Å². The van der Waals surface area contributed by atoms with E-state index in [4.69, 9.17) is 18.9 Å². The van der Waals surface area contributed by atoms with E-state index in [1.54, 1.807) is 37.1 Å². The van der Waals surface area contributed by atoms with Crippen molar-refractivity contribution < 1.29 is 52.5 Å². The van der Waals surface area contributed by atoms with Crippen LogP contribution in [-0.4, -0.2) is 135 Å². The van der Waals surface area contributed by atoms with Crippen molar-refractivity contribution in [2.45, 2.75) is 178 Å². The number of imide groups is 2. The topological polar surface area (TPSA) is 223 Å². The van der Waals surface area contributed by atoms with Gasteiger partial charge in [0, 0.05) is 57.6 Å². The highest BCUT2D eigenvalue weighted by Crippen LogP contribution is 2.35. The number of likely N-dealkylation sites (N-methyl/N-ethyl adjacent to an activating group) is 1. The van der Waals surface area contributed by atoms with Gasteiger partial charge in [0.05, 0.1) is 36.4 Å². The summed E-state index contributed by atoms with van der Waals surface area (Å²) < 4.78 is 24.5. The van der Waals surface area contributed by atoms with Crippen LogP contribution in [0.5, 0.6) is 11.5 Å². The first-order valence-corrected chi connectivity index (χ1v) is 29.8. The number of piperidine rings is 1. The smallest absolute Gasteiger partial charge is 0.264 e. The third kappa shape index (κ3) is 16.2. The molecule has 0 aromatic heterocycles. The van der Waals surface area contributed by atoms with Crippen LogP contribution in [0.3, 0.4) is 0 Å². The van der Waals surface area contributed by atoms with Crippen molar-refractivity contribution in [1.82, 2.24) is 31.1 Å². The van der Waals surface area contributed by atoms with Crippen molar-refractivity contribution in [3.05, 3.63) is 89.0 Å². The van der Waals surface area contributed by atoms with Crippen LogP contribution in [0.2, 0.25) is 0 Å². The van der Waals surface area contributed by atoms with Gasteiger partial charge in [-0.25, -0.2) is 0 Å². The van der Waals surface area contributed by atoms with Gasteiger partial charge in [-0.2, -0.15) is 0 Å². The van der Waals surface area contributed by atoms with Crippen molar-refractivity contribution in [3.63, 3.8) is 0 Å². The van der Waals surface area contributed by atoms with E-state index in [0.717, 1.165) is 146 Å². The van der Waals surface area contributed by atoms with Gasteiger partial charge in [0.25, 0.3) is 11.8 Å². The van der Waals surface area contributed by atoms with E-state index in [1.807, 2.05) is 36.4 Å². The second kappa shape index (κ2) is 30.4. The maximum absolute atomic E-state index is 14.8. The monoisotopic (exact) mass is 1100 g/mol. The molecule has 7 amide bonds. The predicted octanol–water partition coefficient (Wildman–Crippen LogP) is 7.73. The summed E-state index contributed by atoms with van der Waals surface area (Å²) in [6.07, 6.45) is 17.4. The minimum absolute atomic E-state index is 0.00997. The van der Waals surface area contributed by atoms with E-state index in [1.165, 1.54) is 5.56 Å². The highest BCUT2D eigenvalue weighted by Gasteiger charge is 2.47. The van der Waals surface area contributed by atoms with E-state index in [2.05, 4.69) is 38.7 Å². The Morgan fingerprint density at radius 1 is 0.713 bits per heavy atom. The number of likely N-dealkylation sites (tertiary alicyclic amines) is 1. The lowest BCUT2D eigenvalue weighted by molar-refractivity contribution is -0.143. The first-order valence-electron chi connectivity index (χ1n) is 29.8. The largest absolute Gasteiger partial charge is 0.493 e. The molecule has 1 saturated carbocycles. The van der Waals surface area contributed by atoms with Crippen LogP contribution in [0.4, 0.5) is 5.69 Å². The number of unbranched alkanes of at least 4 members (excludes halogenated alkanes) is 7. The zero-order chi connectivity index (χ0) is 56.2. The van der Waals surface area contributed by atoms with Crippen LogP contribution in [-0.2, 0) is 39.9 Å². The van der Waals surface area contributed by atoms with Crippen LogP contribution in [0.1, 0.15) is 173 Å². The summed E-state index contributed by atoms with van der Waals surface area (Å²) in [6.45, 7) is 6.08. The molecular weight excluding hydrogens is 1020 g/mol. The Morgan fingerprint density at radius 2 is 1.40 bits per heavy atom. The Kier molecular flexibility index (Phi) is 22.7. The fourth-order valence-corrected chi connectivity index (χ4v) is 11.8. The highest BCUT2D eigenvalue weighted by atomic mass is 16.5. The standard InChI is InChI=1S/C62H85N7O11/c1-42(63-2)57(71)67-56(44-22-8-5-9-23-44)62(76)68-41-47(40-53(68)59(73)65-50-29-18-24-43-21-10-11-27-48(43)50)80-46-26-19-25-45(39-46)79-38-17-7-16-37-78-36-15-6-14-35-77-34-13-4-3-12-33-64-51-30-20-28-49-55(51)61(75)69(60(49)74)52-31-32-54(70)66-58(52)72/h10-11,19-21,25-28,30,39,42,44,47,50,52-53,56,63-64H,3-9,12-18,22-24,29,31-38,40-41H2,1-2H3,(H,65,73)(H,67,71)(H,66,70,72)/t42-,47-,50+,52?,53-,56-/m0/s1. The average molecular weight is 1100 g/mol. The molecular formula is C62H85N7O11. The fraction of sp³-hybridized carbons (Fsp3) is 0.597. The Balaban J connectivity index is 0.675. The van der Waals surface area contributed by atoms with Crippen LogP contribution >= 0.6 is 0 Å². The number of aryl methyl sites for hydroxylation is 1. The zero-order valence-corrected chi connectivity index (χ0v) is 47.1. The molecule has 0 bridgehead atoms. The second-order valence-corrected chi connectivity index (χ2v) is 22.2. The number of fused-ring (bicyclic) bond motifs is 2. The predicted molar refractivity (Wildman–Crippen MR) is 303 cm³/mol. The third-order valence-electron chi connectivity index (χ3n) is 16.4. The minimum atomic E-state index is -0.987. The molecule has 5 N–H and O–H groups in total. The van der Waals surface area contributed by atoms with Gasteiger partial charge >= 0.3 is 0 Å². The summed E-state index contributed by atoms with van der Waals surface area (Å²) in [5.41, 5.74) is 3.50. The van der Waals surface area contributed by atoms with Crippen molar-refractivity contribution in [2.75, 3.05) is 58.5 Å². The average Bonchev–Trinajstić information content (AvgIpc) is 4.03. The fourth-order valence-electron chi connectivity index (χ4n) is 11.8. The molecule has 18 nitrogen and oxygen atoms in total. The number of ether oxygens (including phenoxy) is 4. The number of carbonyl (C=O) groups is 7. The van der Waals surface area contributed by atoms with Gasteiger partial charge in [-0.05, 0) is 145 Å². The first-order chi connectivity index (χ1) is 39.0. The number of hydrogen-bond acceptors (Lipinski definition) is 13. The molecule has 1 unspecified atom stereocenters. The molecule has 5 aliphatic rings. The third-order valence-corrected chi connectivity index (χ3v) is 16.4. The minimum Gasteiger partial charge on any atom is -0.493 e. The van der Waals surface area contributed by atoms with Crippen molar-refractivity contribution in [3.8, 4) is 11.5 Å². The Labute approximate surface area is 471 Å². The molecule has 434 valence electrons. The van der Waals surface area contributed by atoms with Gasteiger partial charge in [0.15, 0.2) is 0 Å². The number of benzene rings is 3. The molecule has 2 saturated heterocycles. The lowest BCUT2D eigenvalue weighted by Crippen LogP contribution is -2.58. The SMILES string of the molecule is CN[C@@H](C)C(=O)N[C@H](C(=O)N1C[C@@H](Oc2cccc(OCCCCCOCCCCCOCCCCCCNc3cccc4c3C(=O)N(C3CCC(=O)NC3=O)C4=O)c2)C[C@H]1C(=O)N[C@@H]1CCCc2ccccc21)C1CCCCC1. The molecule has 3 aromatic rings. The van der Waals surface area contributed by atoms with Gasteiger partial charge in [0.2, 0.25) is 29.5 Å². The highest BCUT2D eigenvalue weighted by molar-refractivity contribution is 6.25. The van der Waals surface area contributed by atoms with E-state index in [-0.39, 0.29) is 60.2 Å². The molecule has 3 fully saturated rings. The van der Waals surface area contributed by atoms with Crippen molar-refractivity contribution >= 4 is 47.0 Å². The van der Waals surface area contributed by atoms with Gasteiger partial charge < -0.3 is 45.1 Å². The number of nitrogens with one attached hydrogen (secondary N) is 5. The molecule has 80 heavy (non-hydrogen) atoms. The molecule has 3 aromatic carbocycles. The zero-order valence-electron chi connectivity index (χ0n) is 47.1. The number of hydrogen-bond donors (Lipinski definition) is 5. The molecule has 3 heterocycles. The Bertz CT molecular complexity index is 2590. The van der Waals surface area contributed by atoms with Crippen molar-refractivity contribution in [1.29, 1.82) is 0 Å². The summed E-state index contributed by atoms with van der Waals surface area (Å²) in [4.78, 5) is 95.6. The maximum Gasteiger partial charge on any atom is 0.264 e. The maximum atomic E-state index is 14.8. The van der Waals surface area contributed by atoms with Gasteiger partial charge in [-0.15, -0.1) is 0 Å². The summed E-state index contributed by atoms with van der Waals surface area (Å²) in [6, 6.07) is 17.8. The Hall–Kier alpha value is -6.37. The number of rotatable bonds is 31. The molecule has 3 aliphatic heterocycles. The quantitative estimate of drug-likeness (QED) is 0.0308. The van der Waals surface area contributed by atoms with Gasteiger partial charge in [-0.1, -0.05) is 68.5 Å². The molecule has 8 rings (SSSR count). The molecule has 0 radical (unpaired) electrons. The number of carbonyl (C=O) groups excluding carboxylic acids is 7.